The number of hydrogen-bond donors (Lipinski definition) is 0. The molecule has 120 valence electrons. The normalized spacial score (nSPS) is 20.6. The van der Waals surface area contributed by atoms with E-state index >= 15 is 0 Å². The number of rotatable bonds is 3. The quantitative estimate of drug-likeness (QED) is 0.738. The van der Waals surface area contributed by atoms with Gasteiger partial charge in [0.25, 0.3) is 0 Å². The molecule has 0 unspecified atom stereocenters. The van der Waals surface area contributed by atoms with Gasteiger partial charge in [0.05, 0.1) is 12.1 Å². The smallest absolute Gasteiger partial charge is 0.227 e. The summed E-state index contributed by atoms with van der Waals surface area (Å²) in [6.07, 6.45) is 7.05. The molecule has 2 aromatic heterocycles. The van der Waals surface area contributed by atoms with Crippen molar-refractivity contribution in [1.29, 1.82) is 5.26 Å². The van der Waals surface area contributed by atoms with E-state index in [0.29, 0.717) is 5.95 Å². The first-order chi connectivity index (χ1) is 11.9. The van der Waals surface area contributed by atoms with Crippen molar-refractivity contribution in [3.63, 3.8) is 0 Å². The second-order valence-electron chi connectivity index (χ2n) is 6.00. The molecule has 7 heteroatoms. The predicted octanol–water partition coefficient (Wildman–Crippen LogP) is 2.57. The van der Waals surface area contributed by atoms with Crippen molar-refractivity contribution >= 4 is 17.0 Å². The Morgan fingerprint density at radius 2 is 1.79 bits per heavy atom. The van der Waals surface area contributed by atoms with E-state index in [1.165, 1.54) is 0 Å². The first kappa shape index (κ1) is 14.6. The van der Waals surface area contributed by atoms with Crippen LogP contribution in [0.4, 0.5) is 5.95 Å². The summed E-state index contributed by atoms with van der Waals surface area (Å²) in [5.74, 6) is 0.751. The zero-order chi connectivity index (χ0) is 16.4. The summed E-state index contributed by atoms with van der Waals surface area (Å²) >= 11 is 0. The average Bonchev–Trinajstić information content (AvgIpc) is 3.07. The minimum Gasteiger partial charge on any atom is -0.227 e. The van der Waals surface area contributed by atoms with Crippen LogP contribution in [0.15, 0.2) is 42.7 Å². The van der Waals surface area contributed by atoms with Gasteiger partial charge < -0.3 is 0 Å². The number of para-hydroxylation sites is 1. The van der Waals surface area contributed by atoms with Crippen molar-refractivity contribution in [3.8, 4) is 6.07 Å². The molecule has 0 bridgehead atoms. The number of nitriles is 1. The molecule has 0 spiro atoms. The number of hydrogen-bond acceptors (Lipinski definition) is 6. The predicted molar refractivity (Wildman–Crippen MR) is 88.8 cm³/mol. The van der Waals surface area contributed by atoms with Crippen LogP contribution in [-0.4, -0.2) is 31.1 Å². The average molecular weight is 319 g/mol. The Bertz CT molecular complexity index is 859. The molecule has 0 radical (unpaired) electrons. The number of anilines is 1. The maximum atomic E-state index is 9.14. The van der Waals surface area contributed by atoms with Crippen LogP contribution in [0.5, 0.6) is 0 Å². The van der Waals surface area contributed by atoms with Gasteiger partial charge in [-0.05, 0) is 49.1 Å². The first-order valence-corrected chi connectivity index (χ1v) is 8.13. The highest BCUT2D eigenvalue weighted by Crippen LogP contribution is 2.30. The number of nitrogens with zero attached hydrogens (tertiary/aromatic N) is 7. The highest BCUT2D eigenvalue weighted by atomic mass is 15.7. The van der Waals surface area contributed by atoms with Gasteiger partial charge in [0, 0.05) is 18.3 Å². The van der Waals surface area contributed by atoms with Crippen LogP contribution in [0.25, 0.3) is 11.0 Å². The minimum absolute atomic E-state index is 0.146. The Labute approximate surface area is 139 Å². The first-order valence-electron chi connectivity index (χ1n) is 8.13. The maximum absolute atomic E-state index is 9.14. The highest BCUT2D eigenvalue weighted by molar-refractivity contribution is 5.74. The van der Waals surface area contributed by atoms with Crippen molar-refractivity contribution < 1.29 is 0 Å². The fourth-order valence-electron chi connectivity index (χ4n) is 3.28. The van der Waals surface area contributed by atoms with E-state index in [9.17, 15) is 0 Å². The fourth-order valence-corrected chi connectivity index (χ4v) is 3.28. The Hall–Kier alpha value is -3.01. The van der Waals surface area contributed by atoms with E-state index in [0.717, 1.165) is 36.7 Å². The largest absolute Gasteiger partial charge is 0.246 e. The zero-order valence-corrected chi connectivity index (χ0v) is 13.2. The molecule has 2 heterocycles. The third-order valence-corrected chi connectivity index (χ3v) is 4.52. The van der Waals surface area contributed by atoms with E-state index in [4.69, 9.17) is 5.26 Å². The van der Waals surface area contributed by atoms with Crippen molar-refractivity contribution in [2.24, 2.45) is 5.92 Å². The van der Waals surface area contributed by atoms with E-state index < -0.39 is 0 Å². The molecule has 0 amide bonds. The lowest BCUT2D eigenvalue weighted by atomic mass is 9.87. The summed E-state index contributed by atoms with van der Waals surface area (Å²) in [6.45, 7) is 0. The zero-order valence-electron chi connectivity index (χ0n) is 13.2. The molecule has 24 heavy (non-hydrogen) atoms. The maximum Gasteiger partial charge on any atom is 0.246 e. The molecule has 1 fully saturated rings. The molecule has 1 saturated carbocycles. The van der Waals surface area contributed by atoms with Crippen molar-refractivity contribution in [2.75, 3.05) is 5.01 Å². The third kappa shape index (κ3) is 2.56. The van der Waals surface area contributed by atoms with Crippen LogP contribution >= 0.6 is 0 Å². The van der Waals surface area contributed by atoms with Gasteiger partial charge in [-0.1, -0.05) is 12.1 Å². The fraction of sp³-hybridized carbons (Fsp3) is 0.353. The summed E-state index contributed by atoms with van der Waals surface area (Å²) in [6, 6.07) is 12.2. The number of benzene rings is 1. The highest BCUT2D eigenvalue weighted by Gasteiger charge is 2.30. The molecule has 4 rings (SSSR count). The Morgan fingerprint density at radius 1 is 1.04 bits per heavy atom. The molecule has 1 aromatic carbocycles. The van der Waals surface area contributed by atoms with Crippen molar-refractivity contribution in [2.45, 2.75) is 31.7 Å². The molecular weight excluding hydrogens is 302 g/mol. The molecule has 0 N–H and O–H groups in total. The van der Waals surface area contributed by atoms with Gasteiger partial charge >= 0.3 is 0 Å². The summed E-state index contributed by atoms with van der Waals surface area (Å²) in [5, 5.41) is 19.7. The molecule has 3 aromatic rings. The summed E-state index contributed by atoms with van der Waals surface area (Å²) in [7, 11) is 0. The van der Waals surface area contributed by atoms with E-state index in [1.807, 2.05) is 29.3 Å². The molecule has 0 atom stereocenters. The van der Waals surface area contributed by atoms with Gasteiger partial charge in [-0.25, -0.2) is 15.0 Å². The number of aromatic nitrogens is 5. The van der Waals surface area contributed by atoms with E-state index in [1.54, 1.807) is 23.3 Å². The summed E-state index contributed by atoms with van der Waals surface area (Å²) in [4.78, 5) is 10.6. The lowest BCUT2D eigenvalue weighted by Gasteiger charge is -2.34. The molecule has 1 aliphatic rings. The molecule has 7 nitrogen and oxygen atoms in total. The van der Waals surface area contributed by atoms with Gasteiger partial charge in [-0.2, -0.15) is 5.26 Å². The topological polar surface area (TPSA) is 83.5 Å². The summed E-state index contributed by atoms with van der Waals surface area (Å²) in [5.41, 5.74) is 1.76. The van der Waals surface area contributed by atoms with Gasteiger partial charge in [0.15, 0.2) is 0 Å². The van der Waals surface area contributed by atoms with Gasteiger partial charge in [-0.3, -0.25) is 0 Å². The van der Waals surface area contributed by atoms with Gasteiger partial charge in [0.2, 0.25) is 5.95 Å². The Kier molecular flexibility index (Phi) is 3.79. The van der Waals surface area contributed by atoms with Crippen LogP contribution in [0.3, 0.4) is 0 Å². The Morgan fingerprint density at radius 3 is 2.54 bits per heavy atom. The van der Waals surface area contributed by atoms with E-state index in [2.05, 4.69) is 26.3 Å². The summed E-state index contributed by atoms with van der Waals surface area (Å²) < 4.78 is 0. The second-order valence-corrected chi connectivity index (χ2v) is 6.00. The molecule has 0 saturated heterocycles. The van der Waals surface area contributed by atoms with Gasteiger partial charge in [0.1, 0.15) is 11.0 Å². The van der Waals surface area contributed by atoms with Crippen LogP contribution in [0.1, 0.15) is 25.7 Å². The monoisotopic (exact) mass is 319 g/mol. The molecule has 0 aliphatic heterocycles. The van der Waals surface area contributed by atoms with Crippen molar-refractivity contribution in [1.82, 2.24) is 25.1 Å². The number of fused-ring (bicyclic) bond motifs is 1. The van der Waals surface area contributed by atoms with Crippen LogP contribution in [0.2, 0.25) is 0 Å². The SMILES string of the molecule is N#CC1CCC(N(c2ncccn2)n2nnc3ccccc32)CC1. The third-order valence-electron chi connectivity index (χ3n) is 4.52. The standard InChI is InChI=1S/C17H17N7/c18-12-13-6-8-14(9-7-13)23(17-19-10-3-11-20-17)24-16-5-2-1-4-15(16)21-22-24/h1-5,10-11,13-14H,6-9H2. The van der Waals surface area contributed by atoms with Crippen LogP contribution in [0, 0.1) is 17.2 Å². The minimum atomic E-state index is 0.146. The molecule has 1 aliphatic carbocycles. The van der Waals surface area contributed by atoms with E-state index in [-0.39, 0.29) is 12.0 Å². The lowest BCUT2D eigenvalue weighted by molar-refractivity contribution is 0.338. The van der Waals surface area contributed by atoms with Gasteiger partial charge in [-0.15, -0.1) is 9.89 Å². The Balaban J connectivity index is 1.76. The lowest BCUT2D eigenvalue weighted by Crippen LogP contribution is -2.43. The second kappa shape index (κ2) is 6.24. The van der Waals surface area contributed by atoms with Crippen molar-refractivity contribution in [3.05, 3.63) is 42.7 Å². The van der Waals surface area contributed by atoms with Crippen LogP contribution < -0.4 is 5.01 Å². The molecular formula is C17H17N7. The van der Waals surface area contributed by atoms with Crippen LogP contribution in [-0.2, 0) is 0 Å².